The zero-order valence-corrected chi connectivity index (χ0v) is 69.5. The van der Waals surface area contributed by atoms with Crippen molar-refractivity contribution >= 4 is 31.3 Å². The Morgan fingerprint density at radius 1 is 0.383 bits per heavy atom. The number of aromatic amines is 4. The highest BCUT2D eigenvalue weighted by molar-refractivity contribution is 7.49. The molecule has 0 aliphatic carbocycles. The molecule has 16 N–H and O–H groups in total. The fourth-order valence-electron chi connectivity index (χ4n) is 12.9. The van der Waals surface area contributed by atoms with E-state index in [2.05, 4.69) is 0 Å². The molecule has 8 aliphatic rings. The van der Waals surface area contributed by atoms with Gasteiger partial charge in [-0.1, -0.05) is 72.8 Å². The van der Waals surface area contributed by atoms with Crippen molar-refractivity contribution in [2.75, 3.05) is 26.3 Å². The maximum absolute atomic E-state index is 15.9. The van der Waals surface area contributed by atoms with E-state index in [-0.39, 0.29) is 70.7 Å². The van der Waals surface area contributed by atoms with Crippen molar-refractivity contribution in [1.29, 1.82) is 0 Å². The van der Waals surface area contributed by atoms with E-state index in [0.717, 1.165) is 12.4 Å². The Morgan fingerprint density at radius 3 is 0.938 bits per heavy atom. The van der Waals surface area contributed by atoms with Gasteiger partial charge in [0.25, 0.3) is 45.7 Å². The number of phosphoric acid groups is 4. The molecule has 4 aromatic heterocycles. The summed E-state index contributed by atoms with van der Waals surface area (Å²) >= 11 is 0. The molecule has 8 aliphatic heterocycles. The Kier molecular flexibility index (Phi) is 25.6. The molecule has 0 bridgehead atoms. The van der Waals surface area contributed by atoms with E-state index in [1.807, 2.05) is 9.97 Å². The van der Waals surface area contributed by atoms with Crippen LogP contribution in [-0.4, -0.2) is 198 Å². The molecule has 0 radical (unpaired) electrons. The van der Waals surface area contributed by atoms with E-state index in [4.69, 9.17) is 81.5 Å². The number of alkyl halides is 4. The molecule has 20 atom stereocenters. The predicted octanol–water partition coefficient (Wildman–Crippen LogP) is -0.0495. The van der Waals surface area contributed by atoms with Crippen LogP contribution in [0, 0.1) is 27.7 Å². The van der Waals surface area contributed by atoms with E-state index < -0.39 is 232 Å². The van der Waals surface area contributed by atoms with Gasteiger partial charge >= 0.3 is 54.0 Å². The molecule has 4 aromatic carbocycles. The number of H-pyrrole nitrogens is 4. The number of nitrogens with zero attached hydrogens (tertiary/aromatic N) is 4. The van der Waals surface area contributed by atoms with E-state index in [0.29, 0.717) is 70.6 Å². The largest absolute Gasteiger partial charge is 0.530 e. The molecule has 8 aromatic rings. The normalized spacial score (nSPS) is 33.9. The van der Waals surface area contributed by atoms with Gasteiger partial charge in [-0.25, -0.2) is 55.0 Å². The molecule has 4 saturated heterocycles. The molecule has 128 heavy (non-hydrogen) atoms. The number of aliphatic hydroxyl groups excluding tert-OH is 12. The topological polar surface area (TPSA) is 678 Å². The van der Waals surface area contributed by atoms with E-state index >= 15 is 17.6 Å². The number of hydrogen-bond donors (Lipinski definition) is 16. The Labute approximate surface area is 720 Å². The number of rotatable bonds is 20. The Hall–Kier alpha value is -9.52. The van der Waals surface area contributed by atoms with Crippen LogP contribution in [0.4, 0.5) is 17.6 Å². The Morgan fingerprint density at radius 2 is 0.625 bits per heavy atom. The van der Waals surface area contributed by atoms with Gasteiger partial charge in [-0.3, -0.25) is 93.6 Å². The molecular weight excluding hydrogens is 1820 g/mol. The quantitative estimate of drug-likeness (QED) is 0.0351. The Balaban J connectivity index is 0.000000152. The molecule has 48 nitrogen and oxygen atoms in total. The van der Waals surface area contributed by atoms with Crippen molar-refractivity contribution < 1.29 is 179 Å². The highest BCUT2D eigenvalue weighted by Crippen LogP contribution is 2.61. The minimum atomic E-state index is -4.88. The molecule has 12 heterocycles. The fraction of sp³-hybridized carbons (Fsp3) is 0.444. The number of phosphoric ester groups is 4. The maximum Gasteiger partial charge on any atom is 0.530 e. The van der Waals surface area contributed by atoms with E-state index in [1.165, 1.54) is 0 Å². The summed E-state index contributed by atoms with van der Waals surface area (Å²) in [4.78, 5) is 102. The van der Waals surface area contributed by atoms with Crippen LogP contribution in [0.5, 0.6) is 23.0 Å². The molecule has 56 heteroatoms. The number of aromatic nitrogens is 8. The summed E-state index contributed by atoms with van der Waals surface area (Å²) < 4.78 is 245. The number of aryl methyl sites for hydroxylation is 4. The van der Waals surface area contributed by atoms with E-state index in [1.54, 1.807) is 110 Å². The van der Waals surface area contributed by atoms with E-state index in [9.17, 15) is 118 Å². The molecule has 0 amide bonds. The second kappa shape index (κ2) is 37.4. The number of fused-ring (bicyclic) bond motifs is 4. The van der Waals surface area contributed by atoms with Crippen molar-refractivity contribution in [3.05, 3.63) is 248 Å². The fourth-order valence-corrected chi connectivity index (χ4v) is 17.9. The van der Waals surface area contributed by atoms with Gasteiger partial charge in [0.05, 0.1) is 83.3 Å². The summed E-state index contributed by atoms with van der Waals surface area (Å²) in [5, 5.41) is 119. The summed E-state index contributed by atoms with van der Waals surface area (Å²) in [5.41, 5.74) is -5.91. The SMILES string of the molecule is Cc1cccc2c1OP(=O)(OC[C@@]1(F)O[C@@H](n3cc(CO)c(=O)[nH]c3=O)[C@H](O)[C@@H]1O)OC2.[2H]C([2H])(OP1(=O)OCc2cccc(C)c2O1)[C@@]1(F)O[C@@H](n2cc(CO)c(=O)[nH]c2=O)[C@H](O)[C@@H]1O.[2H]C([2H])(OP1(=O)OCc2cccc(C)c2O1)[C@@]1(F)O[C@@]([2H])(n2cc(CO)c(=O)[nH]c2=O)[C@H](O)[C@@H]1O.[2H][C@@]1(n2cc(CO)c(=O)[nH]c2=O)O[C@](F)(COP2(=O)OCc3cccc(C)c3O2)[C@@H](O)[C@H]1O. The lowest BCUT2D eigenvalue weighted by atomic mass is 10.1. The van der Waals surface area contributed by atoms with Crippen LogP contribution in [0.25, 0.3) is 0 Å². The van der Waals surface area contributed by atoms with Crippen molar-refractivity contribution in [3.63, 3.8) is 0 Å². The van der Waals surface area contributed by atoms with Gasteiger partial charge in [0.15, 0.2) is 24.9 Å². The first-order valence-corrected chi connectivity index (χ1v) is 42.9. The monoisotopic (exact) mass is 1900 g/mol. The van der Waals surface area contributed by atoms with Gasteiger partial charge in [-0.15, -0.1) is 0 Å². The molecule has 696 valence electrons. The summed E-state index contributed by atoms with van der Waals surface area (Å²) in [5.74, 6) is -13.8. The van der Waals surface area contributed by atoms with Gasteiger partial charge in [0, 0.05) is 47.0 Å². The number of benzene rings is 4. The van der Waals surface area contributed by atoms with Crippen LogP contribution in [0.15, 0.2) is 136 Å². The number of nitrogens with one attached hydrogen (secondary N) is 4. The third-order valence-corrected chi connectivity index (χ3v) is 24.8. The first kappa shape index (κ1) is 87.8. The summed E-state index contributed by atoms with van der Waals surface area (Å²) in [6.45, 7) is -7.82. The average molecular weight is 1900 g/mol. The van der Waals surface area contributed by atoms with Gasteiger partial charge in [0.2, 0.25) is 0 Å². The first-order chi connectivity index (χ1) is 62.5. The van der Waals surface area contributed by atoms with Crippen molar-refractivity contribution in [2.45, 2.75) is 178 Å². The summed E-state index contributed by atoms with van der Waals surface area (Å²) in [6.07, 6.45) is -26.7. The zero-order valence-electron chi connectivity index (χ0n) is 72.0. The number of ether oxygens (including phenoxy) is 4. The number of halogens is 4. The van der Waals surface area contributed by atoms with Crippen LogP contribution >= 0.6 is 31.3 Å². The molecule has 4 unspecified atom stereocenters. The highest BCUT2D eigenvalue weighted by atomic mass is 31.2. The number of hydrogen-bond acceptors (Lipinski definition) is 40. The minimum absolute atomic E-state index is 0.0462. The molecule has 16 rings (SSSR count). The molecular formula is C72H80F4N8O40P4. The standard InChI is InChI=1S/4C18H20FN2O10P/c4*1-9-3-2-4-10-7-28-32(27,31-13(9)10)29-8-18(19)14(24)12(23)16(30-18)21-5-11(6-22)15(25)20-17(21)26/h4*2-5,12,14,16,22-24H,6-8H2,1H3,(H,20,25,26)/t4*12-,14+,16-,18-,32?/m1111/s1/i8D2,16D;16D;8D2;. The van der Waals surface area contributed by atoms with Crippen LogP contribution in [0.3, 0.4) is 0 Å². The van der Waals surface area contributed by atoms with Crippen molar-refractivity contribution in [2.24, 2.45) is 0 Å². The van der Waals surface area contributed by atoms with Crippen LogP contribution < -0.4 is 63.1 Å². The van der Waals surface area contributed by atoms with Gasteiger partial charge in [0.1, 0.15) is 98.2 Å². The highest BCUT2D eigenvalue weighted by Gasteiger charge is 2.62. The Bertz CT molecular complexity index is 6620. The van der Waals surface area contributed by atoms with Gasteiger partial charge < -0.3 is 98.3 Å². The third-order valence-electron chi connectivity index (χ3n) is 19.9. The van der Waals surface area contributed by atoms with Crippen LogP contribution in [0.1, 0.15) is 99.8 Å². The molecule has 0 saturated carbocycles. The smallest absolute Gasteiger partial charge is 0.403 e. The molecule has 0 spiro atoms. The first-order valence-electron chi connectivity index (χ1n) is 40.1. The molecule has 4 fully saturated rings. The summed E-state index contributed by atoms with van der Waals surface area (Å²) in [7, 11) is -18.3. The van der Waals surface area contributed by atoms with Crippen molar-refractivity contribution in [3.8, 4) is 23.0 Å². The zero-order chi connectivity index (χ0) is 98.5. The average Bonchev–Trinajstić information content (AvgIpc) is 1.48. The van der Waals surface area contributed by atoms with Gasteiger partial charge in [-0.2, -0.15) is 0 Å². The van der Waals surface area contributed by atoms with Gasteiger partial charge in [-0.05, 0) is 49.9 Å². The maximum atomic E-state index is 15.9. The number of aliphatic hydroxyl groups is 12. The lowest BCUT2D eigenvalue weighted by Crippen LogP contribution is -2.43. The minimum Gasteiger partial charge on any atom is -0.403 e. The lowest BCUT2D eigenvalue weighted by Gasteiger charge is -2.29. The van der Waals surface area contributed by atoms with Crippen molar-refractivity contribution in [1.82, 2.24) is 38.2 Å². The third kappa shape index (κ3) is 19.5. The lowest BCUT2D eigenvalue weighted by molar-refractivity contribution is -0.205. The number of para-hydroxylation sites is 4. The second-order valence-electron chi connectivity index (χ2n) is 28.7. The second-order valence-corrected chi connectivity index (χ2v) is 34.9. The van der Waals surface area contributed by atoms with Crippen LogP contribution in [0.2, 0.25) is 0 Å². The predicted molar refractivity (Wildman–Crippen MR) is 413 cm³/mol. The summed E-state index contributed by atoms with van der Waals surface area (Å²) in [6, 6.07) is 20.0. The van der Waals surface area contributed by atoms with Crippen LogP contribution in [-0.2, 0) is 126 Å².